The summed E-state index contributed by atoms with van der Waals surface area (Å²) in [6.07, 6.45) is 4.75. The van der Waals surface area contributed by atoms with Crippen LogP contribution in [-0.2, 0) is 17.6 Å². The van der Waals surface area contributed by atoms with Gasteiger partial charge in [0.05, 0.1) is 18.9 Å². The maximum atomic E-state index is 12.8. The minimum atomic E-state index is 0.0951. The van der Waals surface area contributed by atoms with E-state index in [1.54, 1.807) is 0 Å². The molecule has 1 saturated heterocycles. The smallest absolute Gasteiger partial charge is 0.254 e. The Labute approximate surface area is 171 Å². The van der Waals surface area contributed by atoms with Crippen LogP contribution in [0.1, 0.15) is 34.5 Å². The zero-order valence-electron chi connectivity index (χ0n) is 16.6. The summed E-state index contributed by atoms with van der Waals surface area (Å²) in [7, 11) is 0. The molecule has 1 fully saturated rings. The van der Waals surface area contributed by atoms with Crippen molar-refractivity contribution in [2.45, 2.75) is 25.7 Å². The Morgan fingerprint density at radius 1 is 0.862 bits per heavy atom. The lowest BCUT2D eigenvalue weighted by molar-refractivity contribution is 0.0303. The number of hydrogen-bond donors (Lipinski definition) is 0. The molecule has 1 aliphatic heterocycles. The molecule has 4 heteroatoms. The second kappa shape index (κ2) is 7.88. The first-order valence-electron chi connectivity index (χ1n) is 10.6. The maximum Gasteiger partial charge on any atom is 0.254 e. The molecule has 2 heterocycles. The zero-order chi connectivity index (χ0) is 19.6. The van der Waals surface area contributed by atoms with Crippen LogP contribution in [0.3, 0.4) is 0 Å². The van der Waals surface area contributed by atoms with E-state index in [0.29, 0.717) is 26.3 Å². The van der Waals surface area contributed by atoms with Gasteiger partial charge in [-0.15, -0.1) is 0 Å². The van der Waals surface area contributed by atoms with Crippen LogP contribution in [-0.4, -0.2) is 41.7 Å². The Balaban J connectivity index is 1.52. The van der Waals surface area contributed by atoms with E-state index in [2.05, 4.69) is 53.1 Å². The van der Waals surface area contributed by atoms with Gasteiger partial charge in [-0.3, -0.25) is 4.79 Å². The number of hydrogen-bond acceptors (Lipinski definition) is 2. The third-order valence-corrected chi connectivity index (χ3v) is 6.04. The first-order valence-corrected chi connectivity index (χ1v) is 10.6. The molecule has 0 unspecified atom stereocenters. The fourth-order valence-corrected chi connectivity index (χ4v) is 4.52. The van der Waals surface area contributed by atoms with E-state index in [4.69, 9.17) is 4.74 Å². The molecule has 0 atom stereocenters. The molecule has 1 aliphatic carbocycles. The van der Waals surface area contributed by atoms with E-state index in [9.17, 15) is 4.79 Å². The second-order valence-electron chi connectivity index (χ2n) is 7.86. The molecule has 2 aromatic carbocycles. The highest BCUT2D eigenvalue weighted by atomic mass is 16.5. The molecule has 0 saturated carbocycles. The molecular weight excluding hydrogens is 360 g/mol. The highest BCUT2D eigenvalue weighted by Gasteiger charge is 2.21. The highest BCUT2D eigenvalue weighted by Crippen LogP contribution is 2.34. The van der Waals surface area contributed by atoms with Gasteiger partial charge in [0, 0.05) is 30.0 Å². The van der Waals surface area contributed by atoms with Gasteiger partial charge in [-0.05, 0) is 67.1 Å². The van der Waals surface area contributed by atoms with E-state index >= 15 is 0 Å². The van der Waals surface area contributed by atoms with Gasteiger partial charge in [0.25, 0.3) is 5.91 Å². The molecule has 4 nitrogen and oxygen atoms in total. The Kier molecular flexibility index (Phi) is 4.94. The number of benzene rings is 2. The Morgan fingerprint density at radius 3 is 2.34 bits per heavy atom. The molecule has 0 spiro atoms. The molecule has 5 rings (SSSR count). The summed E-state index contributed by atoms with van der Waals surface area (Å²) < 4.78 is 7.76. The number of carbonyl (C=O) groups excluding carboxylic acids is 1. The first-order chi connectivity index (χ1) is 14.3. The van der Waals surface area contributed by atoms with Gasteiger partial charge in [0.1, 0.15) is 0 Å². The normalized spacial score (nSPS) is 16.5. The SMILES string of the molecule is O=C(c1ccc(-n2c(-c3ccccc3)cc3c2CCCC3)cc1)N1CCOCC1. The number of ether oxygens (including phenoxy) is 1. The van der Waals surface area contributed by atoms with E-state index in [-0.39, 0.29) is 5.91 Å². The Morgan fingerprint density at radius 2 is 1.59 bits per heavy atom. The van der Waals surface area contributed by atoms with Crippen LogP contribution in [0.2, 0.25) is 0 Å². The molecule has 3 aromatic rings. The number of aryl methyl sites for hydroxylation is 1. The van der Waals surface area contributed by atoms with Crippen molar-refractivity contribution in [1.29, 1.82) is 0 Å². The van der Waals surface area contributed by atoms with Crippen molar-refractivity contribution < 1.29 is 9.53 Å². The van der Waals surface area contributed by atoms with Gasteiger partial charge in [0.2, 0.25) is 0 Å². The van der Waals surface area contributed by atoms with Crippen LogP contribution in [0, 0.1) is 0 Å². The molecule has 1 amide bonds. The molecule has 148 valence electrons. The molecule has 29 heavy (non-hydrogen) atoms. The summed E-state index contributed by atoms with van der Waals surface area (Å²) in [5.41, 5.74) is 7.23. The number of nitrogens with zero attached hydrogens (tertiary/aromatic N) is 2. The monoisotopic (exact) mass is 386 g/mol. The fraction of sp³-hybridized carbons (Fsp3) is 0.320. The fourth-order valence-electron chi connectivity index (χ4n) is 4.52. The summed E-state index contributed by atoms with van der Waals surface area (Å²) >= 11 is 0. The minimum Gasteiger partial charge on any atom is -0.378 e. The number of aromatic nitrogens is 1. The lowest BCUT2D eigenvalue weighted by Crippen LogP contribution is -2.40. The van der Waals surface area contributed by atoms with E-state index in [1.165, 1.54) is 35.4 Å². The lowest BCUT2D eigenvalue weighted by atomic mass is 9.98. The Bertz CT molecular complexity index is 999. The third kappa shape index (κ3) is 3.49. The van der Waals surface area contributed by atoms with Crippen molar-refractivity contribution >= 4 is 5.91 Å². The van der Waals surface area contributed by atoms with Crippen LogP contribution < -0.4 is 0 Å². The van der Waals surface area contributed by atoms with Crippen molar-refractivity contribution in [2.24, 2.45) is 0 Å². The van der Waals surface area contributed by atoms with Gasteiger partial charge in [0.15, 0.2) is 0 Å². The zero-order valence-corrected chi connectivity index (χ0v) is 16.6. The van der Waals surface area contributed by atoms with Crippen LogP contribution in [0.15, 0.2) is 60.7 Å². The number of fused-ring (bicyclic) bond motifs is 1. The standard InChI is InChI=1S/C25H26N2O2/c28-25(26-14-16-29-17-15-26)20-10-12-22(13-11-20)27-23-9-5-4-8-21(23)18-24(27)19-6-2-1-3-7-19/h1-3,6-7,10-13,18H,4-5,8-9,14-17H2. The topological polar surface area (TPSA) is 34.5 Å². The van der Waals surface area contributed by atoms with Crippen LogP contribution in [0.5, 0.6) is 0 Å². The lowest BCUT2D eigenvalue weighted by Gasteiger charge is -2.27. The van der Waals surface area contributed by atoms with Crippen LogP contribution >= 0.6 is 0 Å². The van der Waals surface area contributed by atoms with Crippen molar-refractivity contribution in [1.82, 2.24) is 9.47 Å². The predicted octanol–water partition coefficient (Wildman–Crippen LogP) is 4.50. The van der Waals surface area contributed by atoms with E-state index < -0.39 is 0 Å². The average molecular weight is 386 g/mol. The van der Waals surface area contributed by atoms with Crippen molar-refractivity contribution in [3.8, 4) is 16.9 Å². The van der Waals surface area contributed by atoms with Gasteiger partial charge >= 0.3 is 0 Å². The van der Waals surface area contributed by atoms with Crippen LogP contribution in [0.4, 0.5) is 0 Å². The Hall–Kier alpha value is -2.85. The maximum absolute atomic E-state index is 12.8. The van der Waals surface area contributed by atoms with Crippen molar-refractivity contribution in [3.05, 3.63) is 77.5 Å². The van der Waals surface area contributed by atoms with Crippen molar-refractivity contribution in [3.63, 3.8) is 0 Å². The van der Waals surface area contributed by atoms with Gasteiger partial charge in [-0.1, -0.05) is 30.3 Å². The minimum absolute atomic E-state index is 0.0951. The average Bonchev–Trinajstić information content (AvgIpc) is 3.19. The highest BCUT2D eigenvalue weighted by molar-refractivity contribution is 5.94. The predicted molar refractivity (Wildman–Crippen MR) is 115 cm³/mol. The second-order valence-corrected chi connectivity index (χ2v) is 7.86. The molecule has 0 N–H and O–H groups in total. The third-order valence-electron chi connectivity index (χ3n) is 6.04. The first kappa shape index (κ1) is 18.2. The number of rotatable bonds is 3. The largest absolute Gasteiger partial charge is 0.378 e. The summed E-state index contributed by atoms with van der Waals surface area (Å²) in [6.45, 7) is 2.59. The van der Waals surface area contributed by atoms with Gasteiger partial charge in [-0.25, -0.2) is 0 Å². The van der Waals surface area contributed by atoms with Crippen LogP contribution in [0.25, 0.3) is 16.9 Å². The molecule has 1 aromatic heterocycles. The number of amides is 1. The summed E-state index contributed by atoms with van der Waals surface area (Å²) in [6, 6.07) is 21.1. The van der Waals surface area contributed by atoms with Gasteiger partial charge in [-0.2, -0.15) is 0 Å². The quantitative estimate of drug-likeness (QED) is 0.664. The summed E-state index contributed by atoms with van der Waals surface area (Å²) in [5.74, 6) is 0.0951. The summed E-state index contributed by atoms with van der Waals surface area (Å²) in [5, 5.41) is 0. The molecule has 0 bridgehead atoms. The van der Waals surface area contributed by atoms with E-state index in [0.717, 1.165) is 24.1 Å². The van der Waals surface area contributed by atoms with E-state index in [1.807, 2.05) is 17.0 Å². The summed E-state index contributed by atoms with van der Waals surface area (Å²) in [4.78, 5) is 14.7. The molecule has 2 aliphatic rings. The number of morpholine rings is 1. The molecule has 0 radical (unpaired) electrons. The molecular formula is C25H26N2O2. The number of carbonyl (C=O) groups is 1. The van der Waals surface area contributed by atoms with Gasteiger partial charge < -0.3 is 14.2 Å². The van der Waals surface area contributed by atoms with Crippen molar-refractivity contribution in [2.75, 3.05) is 26.3 Å².